The van der Waals surface area contributed by atoms with Crippen LogP contribution in [-0.4, -0.2) is 5.91 Å². The standard InChI is InChI=1S/C14H9ClF3NO/c15-7-8-1-3-9(4-2-8)14(20)19-13-6-11(17)10(16)5-12(13)18/h1-6H,7H2,(H,19,20). The molecule has 0 saturated carbocycles. The molecule has 0 aromatic heterocycles. The van der Waals surface area contributed by atoms with Gasteiger partial charge >= 0.3 is 0 Å². The Hall–Kier alpha value is -2.01. The summed E-state index contributed by atoms with van der Waals surface area (Å²) in [5.41, 5.74) is 0.653. The van der Waals surface area contributed by atoms with Crippen molar-refractivity contribution in [1.29, 1.82) is 0 Å². The van der Waals surface area contributed by atoms with Gasteiger partial charge in [0.25, 0.3) is 5.91 Å². The lowest BCUT2D eigenvalue weighted by Gasteiger charge is -2.07. The molecule has 0 radical (unpaired) electrons. The highest BCUT2D eigenvalue weighted by atomic mass is 35.5. The average Bonchev–Trinajstić information content (AvgIpc) is 2.44. The van der Waals surface area contributed by atoms with Crippen LogP contribution in [0.1, 0.15) is 15.9 Å². The summed E-state index contributed by atoms with van der Waals surface area (Å²) in [6.45, 7) is 0. The first kappa shape index (κ1) is 14.4. The van der Waals surface area contributed by atoms with Crippen LogP contribution in [0.3, 0.4) is 0 Å². The maximum absolute atomic E-state index is 13.4. The van der Waals surface area contributed by atoms with Crippen LogP contribution in [0.2, 0.25) is 0 Å². The lowest BCUT2D eigenvalue weighted by Crippen LogP contribution is -2.13. The number of carbonyl (C=O) groups excluding carboxylic acids is 1. The molecule has 0 aliphatic carbocycles. The Morgan fingerprint density at radius 2 is 1.60 bits per heavy atom. The molecule has 2 nitrogen and oxygen atoms in total. The number of halogens is 4. The molecule has 104 valence electrons. The second kappa shape index (κ2) is 5.96. The molecular weight excluding hydrogens is 291 g/mol. The van der Waals surface area contributed by atoms with E-state index in [1.807, 2.05) is 0 Å². The van der Waals surface area contributed by atoms with Crippen molar-refractivity contribution in [2.75, 3.05) is 5.32 Å². The molecule has 2 aromatic carbocycles. The first-order valence-electron chi connectivity index (χ1n) is 5.62. The lowest BCUT2D eigenvalue weighted by molar-refractivity contribution is 0.102. The van der Waals surface area contributed by atoms with E-state index in [1.165, 1.54) is 12.1 Å². The number of benzene rings is 2. The largest absolute Gasteiger partial charge is 0.319 e. The number of carbonyl (C=O) groups is 1. The van der Waals surface area contributed by atoms with Crippen molar-refractivity contribution in [2.45, 2.75) is 5.88 Å². The van der Waals surface area contributed by atoms with E-state index in [2.05, 4.69) is 5.32 Å². The zero-order chi connectivity index (χ0) is 14.7. The van der Waals surface area contributed by atoms with Crippen LogP contribution in [0, 0.1) is 17.5 Å². The van der Waals surface area contributed by atoms with Gasteiger partial charge in [-0.3, -0.25) is 4.79 Å². The number of amides is 1. The normalized spacial score (nSPS) is 10.4. The fourth-order valence-corrected chi connectivity index (χ4v) is 1.74. The van der Waals surface area contributed by atoms with Gasteiger partial charge in [0.05, 0.1) is 5.69 Å². The predicted molar refractivity (Wildman–Crippen MR) is 70.3 cm³/mol. The number of hydrogen-bond acceptors (Lipinski definition) is 1. The molecule has 0 aliphatic rings. The van der Waals surface area contributed by atoms with Gasteiger partial charge in [0.1, 0.15) is 5.82 Å². The van der Waals surface area contributed by atoms with E-state index in [0.29, 0.717) is 18.0 Å². The number of rotatable bonds is 3. The van der Waals surface area contributed by atoms with Gasteiger partial charge in [-0.1, -0.05) is 12.1 Å². The van der Waals surface area contributed by atoms with Crippen LogP contribution in [-0.2, 0) is 5.88 Å². The third kappa shape index (κ3) is 3.11. The summed E-state index contributed by atoms with van der Waals surface area (Å²) in [7, 11) is 0. The lowest BCUT2D eigenvalue weighted by atomic mass is 10.1. The molecule has 0 atom stereocenters. The molecule has 0 spiro atoms. The molecule has 2 rings (SSSR count). The Kier molecular flexibility index (Phi) is 4.29. The van der Waals surface area contributed by atoms with Crippen molar-refractivity contribution in [1.82, 2.24) is 0 Å². The Balaban J connectivity index is 2.20. The summed E-state index contributed by atoms with van der Waals surface area (Å²) in [6.07, 6.45) is 0. The van der Waals surface area contributed by atoms with Crippen LogP contribution >= 0.6 is 11.6 Å². The van der Waals surface area contributed by atoms with Gasteiger partial charge in [-0.15, -0.1) is 11.6 Å². The van der Waals surface area contributed by atoms with Crippen LogP contribution in [0.15, 0.2) is 36.4 Å². The van der Waals surface area contributed by atoms with Crippen LogP contribution in [0.4, 0.5) is 18.9 Å². The van der Waals surface area contributed by atoms with Crippen LogP contribution in [0.5, 0.6) is 0 Å². The molecule has 0 aliphatic heterocycles. The second-order valence-electron chi connectivity index (χ2n) is 4.03. The summed E-state index contributed by atoms with van der Waals surface area (Å²) in [5, 5.41) is 2.18. The van der Waals surface area contributed by atoms with Gasteiger partial charge in [0, 0.05) is 23.6 Å². The fraction of sp³-hybridized carbons (Fsp3) is 0.0714. The topological polar surface area (TPSA) is 29.1 Å². The summed E-state index contributed by atoms with van der Waals surface area (Å²) >= 11 is 5.61. The third-order valence-electron chi connectivity index (χ3n) is 2.63. The minimum atomic E-state index is -1.31. The van der Waals surface area contributed by atoms with Gasteiger partial charge in [-0.2, -0.15) is 0 Å². The molecule has 0 heterocycles. The summed E-state index contributed by atoms with van der Waals surface area (Å²) < 4.78 is 39.2. The van der Waals surface area contributed by atoms with Crippen molar-refractivity contribution in [3.63, 3.8) is 0 Å². The molecule has 0 bridgehead atoms. The molecule has 2 aromatic rings. The second-order valence-corrected chi connectivity index (χ2v) is 4.30. The summed E-state index contributed by atoms with van der Waals surface area (Å²) in [4.78, 5) is 11.8. The van der Waals surface area contributed by atoms with Crippen molar-refractivity contribution in [2.24, 2.45) is 0 Å². The van der Waals surface area contributed by atoms with Gasteiger partial charge in [0.2, 0.25) is 0 Å². The first-order chi connectivity index (χ1) is 9.51. The highest BCUT2D eigenvalue weighted by Gasteiger charge is 2.13. The Morgan fingerprint density at radius 1 is 1.00 bits per heavy atom. The SMILES string of the molecule is O=C(Nc1cc(F)c(F)cc1F)c1ccc(CCl)cc1. The predicted octanol–water partition coefficient (Wildman–Crippen LogP) is 4.10. The van der Waals surface area contributed by atoms with Crippen molar-refractivity contribution >= 4 is 23.2 Å². The maximum atomic E-state index is 13.4. The molecule has 20 heavy (non-hydrogen) atoms. The summed E-state index contributed by atoms with van der Waals surface area (Å²) in [6, 6.07) is 7.26. The monoisotopic (exact) mass is 299 g/mol. The van der Waals surface area contributed by atoms with Crippen molar-refractivity contribution < 1.29 is 18.0 Å². The Bertz CT molecular complexity index is 644. The van der Waals surface area contributed by atoms with E-state index in [4.69, 9.17) is 11.6 Å². The smallest absolute Gasteiger partial charge is 0.255 e. The van der Waals surface area contributed by atoms with E-state index < -0.39 is 29.0 Å². The Labute approximate surface area is 118 Å². The molecule has 1 amide bonds. The zero-order valence-electron chi connectivity index (χ0n) is 10.1. The van der Waals surface area contributed by atoms with E-state index in [0.717, 1.165) is 5.56 Å². The Morgan fingerprint density at radius 3 is 2.20 bits per heavy atom. The quantitative estimate of drug-likeness (QED) is 0.671. The van der Waals surface area contributed by atoms with Gasteiger partial charge in [-0.05, 0) is 17.7 Å². The summed E-state index contributed by atoms with van der Waals surface area (Å²) in [5.74, 6) is -3.92. The number of hydrogen-bond donors (Lipinski definition) is 1. The molecule has 0 unspecified atom stereocenters. The molecule has 6 heteroatoms. The molecule has 0 saturated heterocycles. The zero-order valence-corrected chi connectivity index (χ0v) is 10.8. The molecule has 1 N–H and O–H groups in total. The van der Waals surface area contributed by atoms with Gasteiger partial charge in [0.15, 0.2) is 11.6 Å². The number of anilines is 1. The van der Waals surface area contributed by atoms with Crippen molar-refractivity contribution in [3.8, 4) is 0 Å². The fourth-order valence-electron chi connectivity index (χ4n) is 1.56. The highest BCUT2D eigenvalue weighted by molar-refractivity contribution is 6.17. The van der Waals surface area contributed by atoms with E-state index >= 15 is 0 Å². The van der Waals surface area contributed by atoms with Crippen LogP contribution in [0.25, 0.3) is 0 Å². The average molecular weight is 300 g/mol. The minimum Gasteiger partial charge on any atom is -0.319 e. The minimum absolute atomic E-state index is 0.253. The van der Waals surface area contributed by atoms with Gasteiger partial charge in [-0.25, -0.2) is 13.2 Å². The van der Waals surface area contributed by atoms with Crippen LogP contribution < -0.4 is 5.32 Å². The van der Waals surface area contributed by atoms with E-state index in [9.17, 15) is 18.0 Å². The number of alkyl halides is 1. The third-order valence-corrected chi connectivity index (χ3v) is 2.94. The molecular formula is C14H9ClF3NO. The maximum Gasteiger partial charge on any atom is 0.255 e. The first-order valence-corrected chi connectivity index (χ1v) is 6.15. The van der Waals surface area contributed by atoms with E-state index in [-0.39, 0.29) is 5.56 Å². The van der Waals surface area contributed by atoms with Gasteiger partial charge < -0.3 is 5.32 Å². The van der Waals surface area contributed by atoms with E-state index in [1.54, 1.807) is 12.1 Å². The highest BCUT2D eigenvalue weighted by Crippen LogP contribution is 2.19. The molecule has 0 fully saturated rings. The van der Waals surface area contributed by atoms with Crippen molar-refractivity contribution in [3.05, 3.63) is 65.0 Å². The number of nitrogens with one attached hydrogen (secondary N) is 1.